The van der Waals surface area contributed by atoms with Crippen LogP contribution in [0.15, 0.2) is 41.8 Å². The number of hydrogen-bond acceptors (Lipinski definition) is 3. The number of rotatable bonds is 4. The molecular formula is C13H15N3O2S. The van der Waals surface area contributed by atoms with Crippen LogP contribution in [0.25, 0.3) is 6.08 Å². The van der Waals surface area contributed by atoms with Crippen molar-refractivity contribution in [3.8, 4) is 0 Å². The molecule has 19 heavy (non-hydrogen) atoms. The molecule has 0 spiro atoms. The normalized spacial score (nSPS) is 11.9. The highest BCUT2D eigenvalue weighted by atomic mass is 32.2. The Morgan fingerprint density at radius 1 is 1.26 bits per heavy atom. The second-order valence-corrected chi connectivity index (χ2v) is 5.72. The minimum atomic E-state index is -3.53. The number of sulfonamides is 1. The Hall–Kier alpha value is -2.08. The fourth-order valence-corrected chi connectivity index (χ4v) is 2.51. The molecule has 1 N–H and O–H groups in total. The summed E-state index contributed by atoms with van der Waals surface area (Å²) in [7, 11) is -1.85. The van der Waals surface area contributed by atoms with Crippen molar-refractivity contribution in [1.29, 1.82) is 0 Å². The molecule has 1 heterocycles. The van der Waals surface area contributed by atoms with Crippen molar-refractivity contribution in [2.75, 3.05) is 4.72 Å². The zero-order valence-electron chi connectivity index (χ0n) is 10.7. The van der Waals surface area contributed by atoms with Crippen LogP contribution >= 0.6 is 0 Å². The molecule has 6 heteroatoms. The van der Waals surface area contributed by atoms with E-state index in [0.717, 1.165) is 16.7 Å². The van der Waals surface area contributed by atoms with Crippen molar-refractivity contribution in [1.82, 2.24) is 9.78 Å². The molecule has 0 amide bonds. The van der Waals surface area contributed by atoms with Crippen LogP contribution in [0.3, 0.4) is 0 Å². The van der Waals surface area contributed by atoms with Gasteiger partial charge in [-0.3, -0.25) is 9.40 Å². The fraction of sp³-hybridized carbons (Fsp3) is 0.154. The fourth-order valence-electron chi connectivity index (χ4n) is 1.62. The first-order valence-electron chi connectivity index (χ1n) is 5.73. The van der Waals surface area contributed by atoms with E-state index in [-0.39, 0.29) is 0 Å². The molecule has 0 bridgehead atoms. The van der Waals surface area contributed by atoms with Crippen LogP contribution in [0.1, 0.15) is 11.3 Å². The monoisotopic (exact) mass is 277 g/mol. The van der Waals surface area contributed by atoms with E-state index in [1.165, 1.54) is 4.68 Å². The van der Waals surface area contributed by atoms with Crippen molar-refractivity contribution in [3.05, 3.63) is 53.1 Å². The van der Waals surface area contributed by atoms with Gasteiger partial charge in [-0.2, -0.15) is 5.10 Å². The van der Waals surface area contributed by atoms with Gasteiger partial charge in [0.1, 0.15) is 5.82 Å². The third-order valence-electron chi connectivity index (χ3n) is 2.49. The number of nitrogens with one attached hydrogen (secondary N) is 1. The third kappa shape index (κ3) is 3.69. The first-order chi connectivity index (χ1) is 8.96. The van der Waals surface area contributed by atoms with Gasteiger partial charge in [0.25, 0.3) is 10.0 Å². The number of benzene rings is 1. The van der Waals surface area contributed by atoms with Crippen LogP contribution in [-0.4, -0.2) is 18.2 Å². The summed E-state index contributed by atoms with van der Waals surface area (Å²) in [6, 6.07) is 10.9. The van der Waals surface area contributed by atoms with Crippen LogP contribution in [0, 0.1) is 6.92 Å². The van der Waals surface area contributed by atoms with Crippen LogP contribution in [0.5, 0.6) is 0 Å². The second kappa shape index (κ2) is 5.27. The minimum Gasteiger partial charge on any atom is -0.264 e. The number of anilines is 1. The predicted molar refractivity (Wildman–Crippen MR) is 76.0 cm³/mol. The van der Waals surface area contributed by atoms with Crippen molar-refractivity contribution < 1.29 is 8.42 Å². The summed E-state index contributed by atoms with van der Waals surface area (Å²) >= 11 is 0. The molecule has 1 aromatic carbocycles. The average molecular weight is 277 g/mol. The summed E-state index contributed by atoms with van der Waals surface area (Å²) in [5, 5.41) is 5.22. The SMILES string of the molecule is Cc1cc(NS(=O)(=O)/C=C/c2ccccc2)n(C)n1. The lowest BCUT2D eigenvalue weighted by Gasteiger charge is -2.03. The minimum absolute atomic E-state index is 0.440. The van der Waals surface area contributed by atoms with Gasteiger partial charge in [0.15, 0.2) is 0 Å². The summed E-state index contributed by atoms with van der Waals surface area (Å²) in [5.41, 5.74) is 1.58. The smallest absolute Gasteiger partial charge is 0.256 e. The molecule has 0 unspecified atom stereocenters. The van der Waals surface area contributed by atoms with E-state index < -0.39 is 10.0 Å². The Labute approximate surface area is 112 Å². The highest BCUT2D eigenvalue weighted by Gasteiger charge is 2.09. The van der Waals surface area contributed by atoms with Crippen LogP contribution in [-0.2, 0) is 17.1 Å². The lowest BCUT2D eigenvalue weighted by molar-refractivity contribution is 0.608. The van der Waals surface area contributed by atoms with Crippen molar-refractivity contribution in [3.63, 3.8) is 0 Å². The number of nitrogens with zero attached hydrogens (tertiary/aromatic N) is 2. The Morgan fingerprint density at radius 3 is 2.53 bits per heavy atom. The highest BCUT2D eigenvalue weighted by Crippen LogP contribution is 2.11. The molecule has 1 aromatic heterocycles. The molecule has 0 atom stereocenters. The quantitative estimate of drug-likeness (QED) is 0.931. The molecule has 0 radical (unpaired) electrons. The van der Waals surface area contributed by atoms with E-state index >= 15 is 0 Å². The predicted octanol–water partition coefficient (Wildman–Crippen LogP) is 2.14. The lowest BCUT2D eigenvalue weighted by Crippen LogP contribution is -2.11. The average Bonchev–Trinajstić information content (AvgIpc) is 2.66. The molecule has 0 aliphatic carbocycles. The Bertz CT molecular complexity index is 688. The van der Waals surface area contributed by atoms with E-state index in [4.69, 9.17) is 0 Å². The van der Waals surface area contributed by atoms with Crippen molar-refractivity contribution in [2.45, 2.75) is 6.92 Å². The van der Waals surface area contributed by atoms with E-state index in [9.17, 15) is 8.42 Å². The number of aryl methyl sites for hydroxylation is 2. The maximum Gasteiger partial charge on any atom is 0.256 e. The molecule has 2 rings (SSSR count). The van der Waals surface area contributed by atoms with Crippen LogP contribution in [0.4, 0.5) is 5.82 Å². The van der Waals surface area contributed by atoms with Gasteiger partial charge in [-0.15, -0.1) is 0 Å². The molecule has 2 aromatic rings. The molecule has 0 saturated carbocycles. The Morgan fingerprint density at radius 2 is 1.95 bits per heavy atom. The van der Waals surface area contributed by atoms with Gasteiger partial charge in [-0.05, 0) is 18.6 Å². The van der Waals surface area contributed by atoms with E-state index in [1.54, 1.807) is 26.1 Å². The van der Waals surface area contributed by atoms with Gasteiger partial charge in [0.2, 0.25) is 0 Å². The molecule has 0 saturated heterocycles. The summed E-state index contributed by atoms with van der Waals surface area (Å²) in [6.45, 7) is 1.80. The standard InChI is InChI=1S/C13H15N3O2S/c1-11-10-13(16(2)14-11)15-19(17,18)9-8-12-6-4-3-5-7-12/h3-10,15H,1-2H3/b9-8+. The first kappa shape index (κ1) is 13.4. The maximum atomic E-state index is 11.9. The van der Waals surface area contributed by atoms with E-state index in [0.29, 0.717) is 5.82 Å². The Balaban J connectivity index is 2.16. The summed E-state index contributed by atoms with van der Waals surface area (Å²) in [5.74, 6) is 0.440. The molecule has 100 valence electrons. The van der Waals surface area contributed by atoms with E-state index in [1.807, 2.05) is 30.3 Å². The first-order valence-corrected chi connectivity index (χ1v) is 7.27. The van der Waals surface area contributed by atoms with Crippen LogP contribution < -0.4 is 4.72 Å². The summed E-state index contributed by atoms with van der Waals surface area (Å²) in [6.07, 6.45) is 1.55. The Kier molecular flexibility index (Phi) is 3.71. The molecule has 5 nitrogen and oxygen atoms in total. The largest absolute Gasteiger partial charge is 0.264 e. The van der Waals surface area contributed by atoms with Gasteiger partial charge in [0.05, 0.1) is 11.1 Å². The second-order valence-electron chi connectivity index (χ2n) is 4.16. The molecular weight excluding hydrogens is 262 g/mol. The maximum absolute atomic E-state index is 11.9. The topological polar surface area (TPSA) is 64.0 Å². The third-order valence-corrected chi connectivity index (χ3v) is 3.48. The summed E-state index contributed by atoms with van der Waals surface area (Å²) < 4.78 is 27.7. The number of aromatic nitrogens is 2. The van der Waals surface area contributed by atoms with Gasteiger partial charge in [0, 0.05) is 13.1 Å². The zero-order valence-corrected chi connectivity index (χ0v) is 11.6. The summed E-state index contributed by atoms with van der Waals surface area (Å²) in [4.78, 5) is 0. The van der Waals surface area contributed by atoms with Gasteiger partial charge in [-0.25, -0.2) is 8.42 Å². The molecule has 0 fully saturated rings. The van der Waals surface area contributed by atoms with Crippen molar-refractivity contribution >= 4 is 21.9 Å². The highest BCUT2D eigenvalue weighted by molar-refractivity contribution is 7.95. The van der Waals surface area contributed by atoms with E-state index in [2.05, 4.69) is 9.82 Å². The van der Waals surface area contributed by atoms with Gasteiger partial charge >= 0.3 is 0 Å². The van der Waals surface area contributed by atoms with Gasteiger partial charge < -0.3 is 0 Å². The number of hydrogen-bond donors (Lipinski definition) is 1. The van der Waals surface area contributed by atoms with Crippen molar-refractivity contribution in [2.24, 2.45) is 7.05 Å². The molecule has 0 aliphatic heterocycles. The zero-order chi connectivity index (χ0) is 13.9. The van der Waals surface area contributed by atoms with Gasteiger partial charge in [-0.1, -0.05) is 30.3 Å². The lowest BCUT2D eigenvalue weighted by atomic mass is 10.2. The molecule has 0 aliphatic rings. The van der Waals surface area contributed by atoms with Crippen LogP contribution in [0.2, 0.25) is 0 Å².